The molecule has 3 aromatic carbocycles. The van der Waals surface area contributed by atoms with Gasteiger partial charge in [0.25, 0.3) is 11.8 Å². The van der Waals surface area contributed by atoms with Gasteiger partial charge in [0.2, 0.25) is 10.0 Å². The first-order valence-corrected chi connectivity index (χ1v) is 12.3. The molecule has 0 saturated heterocycles. The standard InChI is InChI=1S/C26H25N3O4S/c1-17(2)19-11-8-18(9-12-19)10-15-24(30)29-23-14-13-21(34(27,32)33)16-22(23)28-26(31)25(29)20-6-4-3-5-7-20/h3-17,25H,1-2H3,(H,28,31)(H2,27,32,33)/b15-10+. The van der Waals surface area contributed by atoms with E-state index in [1.165, 1.54) is 34.7 Å². The molecule has 2 amide bonds. The first-order valence-electron chi connectivity index (χ1n) is 10.8. The van der Waals surface area contributed by atoms with Crippen LogP contribution in [0.5, 0.6) is 0 Å². The highest BCUT2D eigenvalue weighted by Gasteiger charge is 2.37. The number of carbonyl (C=O) groups excluding carboxylic acids is 2. The molecule has 0 spiro atoms. The van der Waals surface area contributed by atoms with E-state index in [4.69, 9.17) is 5.14 Å². The van der Waals surface area contributed by atoms with Crippen LogP contribution in [0, 0.1) is 0 Å². The van der Waals surface area contributed by atoms with Crippen LogP contribution in [0.2, 0.25) is 0 Å². The summed E-state index contributed by atoms with van der Waals surface area (Å²) in [5.74, 6) is -0.466. The molecule has 0 bridgehead atoms. The number of carbonyl (C=O) groups is 2. The summed E-state index contributed by atoms with van der Waals surface area (Å²) in [4.78, 5) is 27.8. The second-order valence-electron chi connectivity index (χ2n) is 8.39. The number of sulfonamides is 1. The summed E-state index contributed by atoms with van der Waals surface area (Å²) in [6, 6.07) is 20.0. The number of amides is 2. The molecule has 0 aliphatic carbocycles. The molecule has 34 heavy (non-hydrogen) atoms. The molecule has 174 valence electrons. The maximum Gasteiger partial charge on any atom is 0.252 e. The third-order valence-corrected chi connectivity index (χ3v) is 6.61. The molecule has 1 heterocycles. The van der Waals surface area contributed by atoms with Crippen molar-refractivity contribution < 1.29 is 18.0 Å². The van der Waals surface area contributed by atoms with Crippen LogP contribution in [0.4, 0.5) is 11.4 Å². The number of anilines is 2. The summed E-state index contributed by atoms with van der Waals surface area (Å²) >= 11 is 0. The zero-order chi connectivity index (χ0) is 24.5. The average Bonchev–Trinajstić information content (AvgIpc) is 2.81. The Kier molecular flexibility index (Phi) is 6.37. The molecule has 0 fully saturated rings. The number of fused-ring (bicyclic) bond motifs is 1. The Bertz CT molecular complexity index is 1360. The van der Waals surface area contributed by atoms with E-state index in [0.29, 0.717) is 17.2 Å². The van der Waals surface area contributed by atoms with Crippen molar-refractivity contribution in [2.24, 2.45) is 5.14 Å². The second kappa shape index (κ2) is 9.24. The number of nitrogens with two attached hydrogens (primary N) is 1. The fourth-order valence-electron chi connectivity index (χ4n) is 3.88. The molecule has 3 N–H and O–H groups in total. The SMILES string of the molecule is CC(C)c1ccc(/C=C/C(=O)N2c3ccc(S(N)(=O)=O)cc3NC(=O)C2c2ccccc2)cc1. The minimum absolute atomic E-state index is 0.155. The molecule has 8 heteroatoms. The minimum atomic E-state index is -3.98. The molecule has 1 aliphatic heterocycles. The maximum atomic E-state index is 13.4. The number of nitrogens with one attached hydrogen (secondary N) is 1. The van der Waals surface area contributed by atoms with Crippen LogP contribution < -0.4 is 15.4 Å². The van der Waals surface area contributed by atoms with Crippen molar-refractivity contribution in [3.63, 3.8) is 0 Å². The predicted molar refractivity (Wildman–Crippen MR) is 133 cm³/mol. The molecule has 1 atom stereocenters. The normalized spacial score (nSPS) is 15.9. The van der Waals surface area contributed by atoms with E-state index in [-0.39, 0.29) is 10.6 Å². The van der Waals surface area contributed by atoms with Gasteiger partial charge in [-0.2, -0.15) is 0 Å². The van der Waals surface area contributed by atoms with Crippen LogP contribution in [0.1, 0.15) is 42.5 Å². The van der Waals surface area contributed by atoms with Crippen LogP contribution in [-0.4, -0.2) is 20.2 Å². The number of hydrogen-bond acceptors (Lipinski definition) is 4. The van der Waals surface area contributed by atoms with Crippen LogP contribution in [0.15, 0.2) is 83.8 Å². The van der Waals surface area contributed by atoms with Gasteiger partial charge in [0.15, 0.2) is 0 Å². The number of hydrogen-bond donors (Lipinski definition) is 2. The summed E-state index contributed by atoms with van der Waals surface area (Å²) in [5.41, 5.74) is 3.25. The lowest BCUT2D eigenvalue weighted by molar-refractivity contribution is -0.121. The second-order valence-corrected chi connectivity index (χ2v) is 9.95. The van der Waals surface area contributed by atoms with Crippen molar-refractivity contribution in [2.45, 2.75) is 30.7 Å². The number of primary sulfonamides is 1. The lowest BCUT2D eigenvalue weighted by atomic mass is 9.99. The quantitative estimate of drug-likeness (QED) is 0.539. The van der Waals surface area contributed by atoms with Crippen molar-refractivity contribution >= 4 is 39.3 Å². The van der Waals surface area contributed by atoms with Crippen molar-refractivity contribution in [1.29, 1.82) is 0 Å². The molecule has 0 aromatic heterocycles. The average molecular weight is 476 g/mol. The zero-order valence-corrected chi connectivity index (χ0v) is 19.6. The molecule has 3 aromatic rings. The maximum absolute atomic E-state index is 13.4. The van der Waals surface area contributed by atoms with E-state index >= 15 is 0 Å². The monoisotopic (exact) mass is 475 g/mol. The largest absolute Gasteiger partial charge is 0.322 e. The Morgan fingerprint density at radius 1 is 1.03 bits per heavy atom. The van der Waals surface area contributed by atoms with Gasteiger partial charge in [-0.05, 0) is 46.9 Å². The van der Waals surface area contributed by atoms with Crippen molar-refractivity contribution in [3.8, 4) is 0 Å². The first kappa shape index (κ1) is 23.4. The third-order valence-electron chi connectivity index (χ3n) is 5.69. The number of rotatable bonds is 5. The van der Waals surface area contributed by atoms with E-state index in [2.05, 4.69) is 19.2 Å². The van der Waals surface area contributed by atoms with Gasteiger partial charge in [0.05, 0.1) is 16.3 Å². The highest BCUT2D eigenvalue weighted by Crippen LogP contribution is 2.39. The summed E-state index contributed by atoms with van der Waals surface area (Å²) in [7, 11) is -3.98. The lowest BCUT2D eigenvalue weighted by Gasteiger charge is -2.36. The number of benzene rings is 3. The lowest BCUT2D eigenvalue weighted by Crippen LogP contribution is -2.44. The summed E-state index contributed by atoms with van der Waals surface area (Å²) < 4.78 is 23.6. The van der Waals surface area contributed by atoms with Crippen LogP contribution in [0.25, 0.3) is 6.08 Å². The topological polar surface area (TPSA) is 110 Å². The van der Waals surface area contributed by atoms with Crippen LogP contribution in [-0.2, 0) is 19.6 Å². The Labute approximate surface area is 199 Å². The van der Waals surface area contributed by atoms with Gasteiger partial charge >= 0.3 is 0 Å². The summed E-state index contributed by atoms with van der Waals surface area (Å²) in [6.07, 6.45) is 3.11. The van der Waals surface area contributed by atoms with Gasteiger partial charge in [-0.3, -0.25) is 14.5 Å². The third kappa shape index (κ3) is 4.78. The van der Waals surface area contributed by atoms with Crippen molar-refractivity contribution in [2.75, 3.05) is 10.2 Å². The van der Waals surface area contributed by atoms with E-state index in [1.54, 1.807) is 30.3 Å². The van der Waals surface area contributed by atoms with Crippen LogP contribution >= 0.6 is 0 Å². The Balaban J connectivity index is 1.75. The fraction of sp³-hybridized carbons (Fsp3) is 0.154. The Hall–Kier alpha value is -3.75. The van der Waals surface area contributed by atoms with Crippen LogP contribution in [0.3, 0.4) is 0 Å². The minimum Gasteiger partial charge on any atom is -0.322 e. The summed E-state index contributed by atoms with van der Waals surface area (Å²) in [6.45, 7) is 4.22. The molecule has 0 radical (unpaired) electrons. The number of nitrogens with zero attached hydrogens (tertiary/aromatic N) is 1. The van der Waals surface area contributed by atoms with E-state index < -0.39 is 27.9 Å². The van der Waals surface area contributed by atoms with E-state index in [0.717, 1.165) is 5.56 Å². The molecular formula is C26H25N3O4S. The Morgan fingerprint density at radius 3 is 2.32 bits per heavy atom. The van der Waals surface area contributed by atoms with Gasteiger partial charge in [-0.15, -0.1) is 0 Å². The fourth-order valence-corrected chi connectivity index (χ4v) is 4.42. The molecule has 1 unspecified atom stereocenters. The molecule has 1 aliphatic rings. The molecular weight excluding hydrogens is 450 g/mol. The highest BCUT2D eigenvalue weighted by molar-refractivity contribution is 7.89. The first-order chi connectivity index (χ1) is 16.1. The van der Waals surface area contributed by atoms with Gasteiger partial charge in [0, 0.05) is 6.08 Å². The van der Waals surface area contributed by atoms with Crippen molar-refractivity contribution in [1.82, 2.24) is 0 Å². The highest BCUT2D eigenvalue weighted by atomic mass is 32.2. The molecule has 0 saturated carbocycles. The Morgan fingerprint density at radius 2 is 1.71 bits per heavy atom. The molecule has 4 rings (SSSR count). The van der Waals surface area contributed by atoms with Crippen molar-refractivity contribution in [3.05, 3.63) is 95.6 Å². The van der Waals surface area contributed by atoms with E-state index in [9.17, 15) is 18.0 Å². The van der Waals surface area contributed by atoms with E-state index in [1.807, 2.05) is 30.3 Å². The molecule has 7 nitrogen and oxygen atoms in total. The predicted octanol–water partition coefficient (Wildman–Crippen LogP) is 4.20. The summed E-state index contributed by atoms with van der Waals surface area (Å²) in [5, 5.41) is 7.97. The van der Waals surface area contributed by atoms with Gasteiger partial charge in [-0.1, -0.05) is 68.4 Å². The smallest absolute Gasteiger partial charge is 0.252 e. The van der Waals surface area contributed by atoms with Gasteiger partial charge < -0.3 is 5.32 Å². The van der Waals surface area contributed by atoms with Gasteiger partial charge in [0.1, 0.15) is 6.04 Å². The van der Waals surface area contributed by atoms with Gasteiger partial charge in [-0.25, -0.2) is 13.6 Å². The zero-order valence-electron chi connectivity index (χ0n) is 18.8.